The average molecular weight is 544 g/mol. The molecule has 0 aromatic heterocycles. The second-order valence-corrected chi connectivity index (χ2v) is 11.4. The Morgan fingerprint density at radius 2 is 1.52 bits per heavy atom. The molecule has 0 saturated heterocycles. The molecule has 1 spiro atoms. The number of nitrogens with zero attached hydrogens (tertiary/aromatic N) is 1. The normalized spacial score (nSPS) is 17.0. The quantitative estimate of drug-likeness (QED) is 0.157. The molecule has 1 unspecified atom stereocenters. The summed E-state index contributed by atoms with van der Waals surface area (Å²) in [7, 11) is 0. The van der Waals surface area contributed by atoms with Gasteiger partial charge in [0.2, 0.25) is 0 Å². The Kier molecular flexibility index (Phi) is 7.60. The Hall–Kier alpha value is -3.84. The first-order chi connectivity index (χ1) is 19.2. The van der Waals surface area contributed by atoms with Gasteiger partial charge < -0.3 is 14.4 Å². The average Bonchev–Trinajstić information content (AvgIpc) is 3.23. The van der Waals surface area contributed by atoms with Crippen LogP contribution in [-0.2, 0) is 20.1 Å². The van der Waals surface area contributed by atoms with E-state index < -0.39 is 23.1 Å². The zero-order valence-electron chi connectivity index (χ0n) is 23.9. The number of unbranched alkanes of at least 4 members (excludes halogenated alkanes) is 2. The highest BCUT2D eigenvalue weighted by molar-refractivity contribution is 5.97. The van der Waals surface area contributed by atoms with Crippen molar-refractivity contribution in [2.24, 2.45) is 0 Å². The summed E-state index contributed by atoms with van der Waals surface area (Å²) < 4.78 is 12.7. The summed E-state index contributed by atoms with van der Waals surface area (Å²) in [5.41, 5.74) is 2.13. The van der Waals surface area contributed by atoms with Gasteiger partial charge in [0.05, 0.1) is 11.1 Å². The predicted octanol–water partition coefficient (Wildman–Crippen LogP) is 7.55. The monoisotopic (exact) mass is 543 g/mol. The van der Waals surface area contributed by atoms with Gasteiger partial charge in [-0.2, -0.15) is 4.89 Å². The SMILES string of the molecule is CCCCN(CCCC)c1ccc2c(c1)Oc1cc(C(=O)OOC(C)(C)C)ccc1C21OC(=O)c2ccccc21. The van der Waals surface area contributed by atoms with E-state index >= 15 is 0 Å². The van der Waals surface area contributed by atoms with Gasteiger partial charge in [0, 0.05) is 41.5 Å². The van der Waals surface area contributed by atoms with Crippen molar-refractivity contribution in [1.82, 2.24) is 0 Å². The second-order valence-electron chi connectivity index (χ2n) is 11.4. The number of ether oxygens (including phenoxy) is 2. The molecule has 3 aromatic rings. The number of esters is 1. The third-order valence-corrected chi connectivity index (χ3v) is 7.23. The van der Waals surface area contributed by atoms with Crippen molar-refractivity contribution in [2.45, 2.75) is 71.5 Å². The fraction of sp³-hybridized carbons (Fsp3) is 0.394. The zero-order chi connectivity index (χ0) is 28.5. The second kappa shape index (κ2) is 11.0. The van der Waals surface area contributed by atoms with Crippen molar-refractivity contribution in [3.05, 3.63) is 88.5 Å². The first kappa shape index (κ1) is 27.7. The molecule has 7 nitrogen and oxygen atoms in total. The van der Waals surface area contributed by atoms with E-state index in [2.05, 4.69) is 24.8 Å². The number of anilines is 1. The fourth-order valence-electron chi connectivity index (χ4n) is 5.27. The number of hydrogen-bond donors (Lipinski definition) is 0. The number of rotatable bonds is 9. The lowest BCUT2D eigenvalue weighted by atomic mass is 9.77. The van der Waals surface area contributed by atoms with Crippen LogP contribution in [0, 0.1) is 0 Å². The molecule has 0 aliphatic carbocycles. The summed E-state index contributed by atoms with van der Waals surface area (Å²) in [5, 5.41) is 0. The maximum absolute atomic E-state index is 13.2. The molecule has 1 atom stereocenters. The van der Waals surface area contributed by atoms with Gasteiger partial charge in [0.1, 0.15) is 17.1 Å². The lowest BCUT2D eigenvalue weighted by Gasteiger charge is -2.37. The number of carbonyl (C=O) groups excluding carboxylic acids is 2. The summed E-state index contributed by atoms with van der Waals surface area (Å²) in [5.74, 6) is -0.0194. The molecule has 0 radical (unpaired) electrons. The number of fused-ring (bicyclic) bond motifs is 6. The van der Waals surface area contributed by atoms with Crippen LogP contribution in [-0.4, -0.2) is 30.6 Å². The summed E-state index contributed by atoms with van der Waals surface area (Å²) in [6, 6.07) is 18.6. The van der Waals surface area contributed by atoms with Gasteiger partial charge in [-0.25, -0.2) is 9.59 Å². The van der Waals surface area contributed by atoms with E-state index in [4.69, 9.17) is 19.2 Å². The molecule has 0 fully saturated rings. The fourth-order valence-corrected chi connectivity index (χ4v) is 5.27. The predicted molar refractivity (Wildman–Crippen MR) is 153 cm³/mol. The van der Waals surface area contributed by atoms with Crippen LogP contribution in [0.3, 0.4) is 0 Å². The van der Waals surface area contributed by atoms with E-state index in [-0.39, 0.29) is 5.56 Å². The number of carbonyl (C=O) groups is 2. The highest BCUT2D eigenvalue weighted by Gasteiger charge is 2.53. The van der Waals surface area contributed by atoms with Crippen molar-refractivity contribution in [1.29, 1.82) is 0 Å². The molecule has 40 heavy (non-hydrogen) atoms. The van der Waals surface area contributed by atoms with Crippen LogP contribution in [0.25, 0.3) is 0 Å². The molecule has 2 heterocycles. The highest BCUT2D eigenvalue weighted by atomic mass is 17.2. The maximum Gasteiger partial charge on any atom is 0.373 e. The van der Waals surface area contributed by atoms with Crippen LogP contribution in [0.5, 0.6) is 11.5 Å². The Morgan fingerprint density at radius 1 is 0.875 bits per heavy atom. The molecule has 210 valence electrons. The largest absolute Gasteiger partial charge is 0.456 e. The van der Waals surface area contributed by atoms with Crippen molar-refractivity contribution < 1.29 is 28.8 Å². The van der Waals surface area contributed by atoms with E-state index in [1.807, 2.05) is 30.3 Å². The van der Waals surface area contributed by atoms with Gasteiger partial charge in [-0.15, -0.1) is 0 Å². The van der Waals surface area contributed by atoms with Gasteiger partial charge in [-0.1, -0.05) is 44.9 Å². The minimum Gasteiger partial charge on any atom is -0.456 e. The van der Waals surface area contributed by atoms with Gasteiger partial charge in [0.15, 0.2) is 5.60 Å². The van der Waals surface area contributed by atoms with Gasteiger partial charge >= 0.3 is 11.9 Å². The van der Waals surface area contributed by atoms with Crippen molar-refractivity contribution >= 4 is 17.6 Å². The summed E-state index contributed by atoms with van der Waals surface area (Å²) in [6.45, 7) is 11.7. The van der Waals surface area contributed by atoms with Crippen molar-refractivity contribution in [2.75, 3.05) is 18.0 Å². The topological polar surface area (TPSA) is 74.3 Å². The Balaban J connectivity index is 1.62. The van der Waals surface area contributed by atoms with Crippen LogP contribution in [0.15, 0.2) is 60.7 Å². The molecule has 0 amide bonds. The molecule has 3 aromatic carbocycles. The van der Waals surface area contributed by atoms with Crippen molar-refractivity contribution in [3.8, 4) is 11.5 Å². The zero-order valence-corrected chi connectivity index (χ0v) is 23.9. The molecule has 0 bridgehead atoms. The smallest absolute Gasteiger partial charge is 0.373 e. The van der Waals surface area contributed by atoms with Crippen molar-refractivity contribution in [3.63, 3.8) is 0 Å². The van der Waals surface area contributed by atoms with Gasteiger partial charge in [-0.3, -0.25) is 4.89 Å². The van der Waals surface area contributed by atoms with E-state index in [0.29, 0.717) is 22.6 Å². The van der Waals surface area contributed by atoms with Crippen LogP contribution in [0.4, 0.5) is 5.69 Å². The highest BCUT2D eigenvalue weighted by Crippen LogP contribution is 2.56. The maximum atomic E-state index is 13.2. The summed E-state index contributed by atoms with van der Waals surface area (Å²) in [4.78, 5) is 38.7. The third-order valence-electron chi connectivity index (χ3n) is 7.23. The van der Waals surface area contributed by atoms with E-state index in [9.17, 15) is 9.59 Å². The van der Waals surface area contributed by atoms with E-state index in [1.165, 1.54) is 0 Å². The molecule has 5 rings (SSSR count). The molecule has 7 heteroatoms. The minimum absolute atomic E-state index is 0.267. The Morgan fingerprint density at radius 3 is 2.20 bits per heavy atom. The lowest BCUT2D eigenvalue weighted by molar-refractivity contribution is -0.301. The Bertz CT molecular complexity index is 1420. The minimum atomic E-state index is -1.20. The number of benzene rings is 3. The molecule has 2 aliphatic heterocycles. The molecule has 0 N–H and O–H groups in total. The van der Waals surface area contributed by atoms with Gasteiger partial charge in [-0.05, 0) is 70.0 Å². The summed E-state index contributed by atoms with van der Waals surface area (Å²) >= 11 is 0. The summed E-state index contributed by atoms with van der Waals surface area (Å²) in [6.07, 6.45) is 4.37. The van der Waals surface area contributed by atoms with Crippen LogP contribution in [0.1, 0.15) is 97.7 Å². The number of hydrogen-bond acceptors (Lipinski definition) is 7. The third kappa shape index (κ3) is 5.06. The Labute approximate surface area is 235 Å². The van der Waals surface area contributed by atoms with Crippen LogP contribution >= 0.6 is 0 Å². The van der Waals surface area contributed by atoms with Crippen LogP contribution < -0.4 is 9.64 Å². The van der Waals surface area contributed by atoms with Gasteiger partial charge in [0.25, 0.3) is 0 Å². The molecule has 2 aliphatic rings. The lowest BCUT2D eigenvalue weighted by Crippen LogP contribution is -2.33. The van der Waals surface area contributed by atoms with Crippen LogP contribution in [0.2, 0.25) is 0 Å². The molecule has 0 saturated carbocycles. The standard InChI is InChI=1S/C33H37NO6/c1-6-8-18-34(19-9-7-2)23-15-17-27-29(21-23)37-28-20-22(30(35)39-40-32(3,4)5)14-16-26(28)33(27)25-13-11-10-12-24(25)31(36)38-33/h10-17,20-21H,6-9,18-19H2,1-5H3. The van der Waals surface area contributed by atoms with E-state index in [0.717, 1.165) is 55.6 Å². The molecular formula is C33H37NO6. The molecular weight excluding hydrogens is 506 g/mol. The van der Waals surface area contributed by atoms with E-state index in [1.54, 1.807) is 45.0 Å². The first-order valence-corrected chi connectivity index (χ1v) is 14.1. The first-order valence-electron chi connectivity index (χ1n) is 14.1.